The molecule has 0 radical (unpaired) electrons. The average Bonchev–Trinajstić information content (AvgIpc) is 2.59. The van der Waals surface area contributed by atoms with Crippen molar-refractivity contribution in [3.63, 3.8) is 0 Å². The lowest BCUT2D eigenvalue weighted by atomic mass is 10.2. The first-order valence-corrected chi connectivity index (χ1v) is 9.69. The highest BCUT2D eigenvalue weighted by molar-refractivity contribution is 14.0. The molecule has 7 heteroatoms. The lowest BCUT2D eigenvalue weighted by Crippen LogP contribution is -2.49. The summed E-state index contributed by atoms with van der Waals surface area (Å²) in [5.41, 5.74) is 0. The molecule has 0 aromatic heterocycles. The van der Waals surface area contributed by atoms with Crippen molar-refractivity contribution in [1.82, 2.24) is 20.4 Å². The van der Waals surface area contributed by atoms with Gasteiger partial charge in [-0.05, 0) is 33.7 Å². The standard InChI is InChI=1S/C18H39N5O.HI/c1-5-7-14-24-15-8-9-20-18(19-6-2)21-16-17(3)23-12-10-22(4)11-13-23;/h17H,5-16H2,1-4H3,(H2,19,20,21);1H. The highest BCUT2D eigenvalue weighted by Gasteiger charge is 2.18. The van der Waals surface area contributed by atoms with Gasteiger partial charge in [-0.15, -0.1) is 24.0 Å². The zero-order valence-electron chi connectivity index (χ0n) is 16.7. The predicted octanol–water partition coefficient (Wildman–Crippen LogP) is 2.00. The van der Waals surface area contributed by atoms with E-state index in [4.69, 9.17) is 9.73 Å². The minimum atomic E-state index is 0. The minimum absolute atomic E-state index is 0. The Morgan fingerprint density at radius 1 is 1.08 bits per heavy atom. The van der Waals surface area contributed by atoms with E-state index in [1.54, 1.807) is 0 Å². The summed E-state index contributed by atoms with van der Waals surface area (Å²) in [5, 5.41) is 6.74. The van der Waals surface area contributed by atoms with Gasteiger partial charge in [0.1, 0.15) is 0 Å². The third kappa shape index (κ3) is 12.0. The molecule has 1 saturated heterocycles. The quantitative estimate of drug-likeness (QED) is 0.210. The molecule has 25 heavy (non-hydrogen) atoms. The van der Waals surface area contributed by atoms with Crippen LogP contribution in [0.5, 0.6) is 0 Å². The molecule has 1 atom stereocenters. The van der Waals surface area contributed by atoms with Crippen LogP contribution in [-0.2, 0) is 4.74 Å². The maximum absolute atomic E-state index is 5.59. The Bertz CT molecular complexity index is 335. The van der Waals surface area contributed by atoms with Crippen molar-refractivity contribution in [1.29, 1.82) is 0 Å². The van der Waals surface area contributed by atoms with E-state index in [1.165, 1.54) is 6.42 Å². The number of hydrogen-bond acceptors (Lipinski definition) is 4. The summed E-state index contributed by atoms with van der Waals surface area (Å²) in [4.78, 5) is 9.68. The number of piperazine rings is 1. The van der Waals surface area contributed by atoms with E-state index >= 15 is 0 Å². The van der Waals surface area contributed by atoms with Gasteiger partial charge in [0.05, 0.1) is 6.54 Å². The monoisotopic (exact) mass is 469 g/mol. The molecule has 0 spiro atoms. The largest absolute Gasteiger partial charge is 0.381 e. The maximum Gasteiger partial charge on any atom is 0.191 e. The highest BCUT2D eigenvalue weighted by Crippen LogP contribution is 2.05. The van der Waals surface area contributed by atoms with Crippen molar-refractivity contribution in [2.75, 3.05) is 66.1 Å². The zero-order valence-corrected chi connectivity index (χ0v) is 19.1. The number of halogens is 1. The molecule has 0 bridgehead atoms. The second-order valence-corrected chi connectivity index (χ2v) is 6.65. The molecular weight excluding hydrogens is 429 g/mol. The first-order chi connectivity index (χ1) is 11.7. The van der Waals surface area contributed by atoms with E-state index in [1.807, 2.05) is 0 Å². The maximum atomic E-state index is 5.59. The van der Waals surface area contributed by atoms with Gasteiger partial charge < -0.3 is 20.3 Å². The van der Waals surface area contributed by atoms with Crippen molar-refractivity contribution >= 4 is 29.9 Å². The molecule has 1 heterocycles. The minimum Gasteiger partial charge on any atom is -0.381 e. The number of nitrogens with one attached hydrogen (secondary N) is 2. The second kappa shape index (κ2) is 16.1. The molecule has 0 amide bonds. The molecule has 1 rings (SSSR count). The Hall–Kier alpha value is -0.120. The van der Waals surface area contributed by atoms with Crippen LogP contribution in [0, 0.1) is 0 Å². The van der Waals surface area contributed by atoms with E-state index in [0.29, 0.717) is 6.04 Å². The van der Waals surface area contributed by atoms with Crippen molar-refractivity contribution < 1.29 is 4.74 Å². The SMILES string of the molecule is CCCCOCCCNC(=NCC(C)N1CCN(C)CC1)NCC.I. The summed E-state index contributed by atoms with van der Waals surface area (Å²) in [7, 11) is 2.19. The molecule has 1 unspecified atom stereocenters. The van der Waals surface area contributed by atoms with Crippen molar-refractivity contribution in [2.24, 2.45) is 4.99 Å². The molecule has 0 aliphatic carbocycles. The fourth-order valence-electron chi connectivity index (χ4n) is 2.67. The molecule has 0 aromatic rings. The third-order valence-corrected chi connectivity index (χ3v) is 4.42. The molecule has 1 aliphatic rings. The fourth-order valence-corrected chi connectivity index (χ4v) is 2.67. The number of ether oxygens (including phenoxy) is 1. The Kier molecular flexibility index (Phi) is 16.0. The highest BCUT2D eigenvalue weighted by atomic mass is 127. The molecule has 150 valence electrons. The Labute approximate surface area is 172 Å². The molecule has 0 saturated carbocycles. The molecule has 0 aromatic carbocycles. The van der Waals surface area contributed by atoms with Crippen molar-refractivity contribution in [2.45, 2.75) is 46.1 Å². The molecule has 1 aliphatic heterocycles. The summed E-state index contributed by atoms with van der Waals surface area (Å²) in [6, 6.07) is 0.492. The van der Waals surface area contributed by atoms with Crippen LogP contribution in [0.15, 0.2) is 4.99 Å². The number of hydrogen-bond donors (Lipinski definition) is 2. The van der Waals surface area contributed by atoms with Gasteiger partial charge in [0.15, 0.2) is 5.96 Å². The van der Waals surface area contributed by atoms with Crippen LogP contribution in [0.1, 0.15) is 40.0 Å². The van der Waals surface area contributed by atoms with Gasteiger partial charge in [-0.25, -0.2) is 0 Å². The number of rotatable bonds is 11. The lowest BCUT2D eigenvalue weighted by molar-refractivity contribution is 0.122. The van der Waals surface area contributed by atoms with Crippen molar-refractivity contribution in [3.05, 3.63) is 0 Å². The summed E-state index contributed by atoms with van der Waals surface area (Å²) in [6.45, 7) is 15.5. The summed E-state index contributed by atoms with van der Waals surface area (Å²) in [5.74, 6) is 0.923. The van der Waals surface area contributed by atoms with Crippen LogP contribution in [-0.4, -0.2) is 87.9 Å². The number of likely N-dealkylation sites (N-methyl/N-ethyl adjacent to an activating group) is 1. The van der Waals surface area contributed by atoms with Crippen LogP contribution in [0.3, 0.4) is 0 Å². The van der Waals surface area contributed by atoms with Gasteiger partial charge in [-0.2, -0.15) is 0 Å². The van der Waals surface area contributed by atoms with Gasteiger partial charge in [0, 0.05) is 58.5 Å². The number of guanidine groups is 1. The summed E-state index contributed by atoms with van der Waals surface area (Å²) >= 11 is 0. The Morgan fingerprint density at radius 2 is 1.76 bits per heavy atom. The van der Waals surface area contributed by atoms with Crippen LogP contribution >= 0.6 is 24.0 Å². The topological polar surface area (TPSA) is 52.1 Å². The zero-order chi connectivity index (χ0) is 17.6. The van der Waals surface area contributed by atoms with E-state index in [2.05, 4.69) is 48.3 Å². The van der Waals surface area contributed by atoms with E-state index < -0.39 is 0 Å². The smallest absolute Gasteiger partial charge is 0.191 e. The van der Waals surface area contributed by atoms with Crippen LogP contribution in [0.4, 0.5) is 0 Å². The fraction of sp³-hybridized carbons (Fsp3) is 0.944. The van der Waals surface area contributed by atoms with Crippen LogP contribution in [0.25, 0.3) is 0 Å². The van der Waals surface area contributed by atoms with Gasteiger partial charge in [0.25, 0.3) is 0 Å². The van der Waals surface area contributed by atoms with Crippen LogP contribution in [0.2, 0.25) is 0 Å². The van der Waals surface area contributed by atoms with E-state index in [-0.39, 0.29) is 24.0 Å². The van der Waals surface area contributed by atoms with Crippen LogP contribution < -0.4 is 10.6 Å². The van der Waals surface area contributed by atoms with Crippen molar-refractivity contribution in [3.8, 4) is 0 Å². The Balaban J connectivity index is 0.00000576. The lowest BCUT2D eigenvalue weighted by Gasteiger charge is -2.35. The summed E-state index contributed by atoms with van der Waals surface area (Å²) < 4.78 is 5.59. The van der Waals surface area contributed by atoms with Gasteiger partial charge >= 0.3 is 0 Å². The first kappa shape index (κ1) is 24.9. The Morgan fingerprint density at radius 3 is 2.40 bits per heavy atom. The molecule has 2 N–H and O–H groups in total. The second-order valence-electron chi connectivity index (χ2n) is 6.65. The van der Waals surface area contributed by atoms with E-state index in [9.17, 15) is 0 Å². The van der Waals surface area contributed by atoms with Gasteiger partial charge in [0.2, 0.25) is 0 Å². The number of nitrogens with zero attached hydrogens (tertiary/aromatic N) is 3. The number of unbranched alkanes of at least 4 members (excludes halogenated alkanes) is 1. The first-order valence-electron chi connectivity index (χ1n) is 9.69. The average molecular weight is 469 g/mol. The van der Waals surface area contributed by atoms with E-state index in [0.717, 1.165) is 77.8 Å². The molecular formula is C18H40IN5O. The normalized spacial score (nSPS) is 17.8. The summed E-state index contributed by atoms with van der Waals surface area (Å²) in [6.07, 6.45) is 3.37. The molecule has 6 nitrogen and oxygen atoms in total. The van der Waals surface area contributed by atoms with Gasteiger partial charge in [-0.1, -0.05) is 13.3 Å². The predicted molar refractivity (Wildman–Crippen MR) is 118 cm³/mol. The number of aliphatic imine (C=N–C) groups is 1. The molecule has 1 fully saturated rings. The van der Waals surface area contributed by atoms with Gasteiger partial charge in [-0.3, -0.25) is 9.89 Å². The third-order valence-electron chi connectivity index (χ3n) is 4.42.